The van der Waals surface area contributed by atoms with E-state index in [1.807, 2.05) is 0 Å². The first-order valence-corrected chi connectivity index (χ1v) is 9.35. The summed E-state index contributed by atoms with van der Waals surface area (Å²) >= 11 is 1.14. The van der Waals surface area contributed by atoms with Crippen LogP contribution in [0.3, 0.4) is 0 Å². The largest absolute Gasteiger partial charge is 0.481 e. The predicted octanol–water partition coefficient (Wildman–Crippen LogP) is 1.52. The number of hydrogen-bond acceptors (Lipinski definition) is 8. The molecule has 0 spiro atoms. The van der Waals surface area contributed by atoms with E-state index in [-0.39, 0.29) is 10.1 Å². The second kappa shape index (κ2) is 6.17. The van der Waals surface area contributed by atoms with Crippen molar-refractivity contribution in [3.63, 3.8) is 0 Å². The molecule has 9 heteroatoms. The molecule has 3 rings (SSSR count). The fourth-order valence-corrected chi connectivity index (χ4v) is 4.74. The van der Waals surface area contributed by atoms with Crippen LogP contribution >= 0.6 is 11.3 Å². The average Bonchev–Trinajstić information content (AvgIpc) is 3.18. The molecule has 1 aliphatic rings. The molecule has 0 N–H and O–H groups in total. The van der Waals surface area contributed by atoms with E-state index in [9.17, 15) is 8.42 Å². The summed E-state index contributed by atoms with van der Waals surface area (Å²) in [4.78, 5) is 6.04. The van der Waals surface area contributed by atoms with Crippen LogP contribution in [0.1, 0.15) is 18.4 Å². The van der Waals surface area contributed by atoms with Crippen LogP contribution in [0.15, 0.2) is 22.7 Å². The zero-order chi connectivity index (χ0) is 15.6. The van der Waals surface area contributed by atoms with Crippen LogP contribution in [-0.4, -0.2) is 43.8 Å². The number of methoxy groups -OCH3 is 1. The van der Waals surface area contributed by atoms with Gasteiger partial charge in [0.1, 0.15) is 0 Å². The first kappa shape index (κ1) is 15.2. The Morgan fingerprint density at radius 3 is 2.82 bits per heavy atom. The first-order chi connectivity index (χ1) is 10.6. The van der Waals surface area contributed by atoms with E-state index in [4.69, 9.17) is 4.74 Å². The topological polar surface area (TPSA) is 85.3 Å². The lowest BCUT2D eigenvalue weighted by Gasteiger charge is -2.10. The van der Waals surface area contributed by atoms with Crippen LogP contribution in [0.2, 0.25) is 0 Å². The van der Waals surface area contributed by atoms with Gasteiger partial charge in [-0.1, -0.05) is 11.3 Å². The number of aromatic nitrogens is 3. The summed E-state index contributed by atoms with van der Waals surface area (Å²) in [6.45, 7) is 1.83. The summed E-state index contributed by atoms with van der Waals surface area (Å²) in [6.07, 6.45) is 3.75. The SMILES string of the molecule is COc1cc(CS(=O)(=O)c2nnc(N3CCCC3)s2)ccn1. The molecule has 0 radical (unpaired) electrons. The minimum Gasteiger partial charge on any atom is -0.481 e. The Morgan fingerprint density at radius 2 is 2.09 bits per heavy atom. The number of ether oxygens (including phenoxy) is 1. The molecule has 0 amide bonds. The second-order valence-electron chi connectivity index (χ2n) is 5.01. The van der Waals surface area contributed by atoms with Gasteiger partial charge in [0.15, 0.2) is 0 Å². The third-order valence-electron chi connectivity index (χ3n) is 3.40. The lowest BCUT2D eigenvalue weighted by Crippen LogP contribution is -2.17. The third-order valence-corrected chi connectivity index (χ3v) is 6.52. The Kier molecular flexibility index (Phi) is 4.25. The molecule has 7 nitrogen and oxygen atoms in total. The van der Waals surface area contributed by atoms with Crippen molar-refractivity contribution in [2.24, 2.45) is 0 Å². The highest BCUT2D eigenvalue weighted by Crippen LogP contribution is 2.28. The van der Waals surface area contributed by atoms with Crippen LogP contribution in [-0.2, 0) is 15.6 Å². The van der Waals surface area contributed by atoms with Crippen LogP contribution < -0.4 is 9.64 Å². The Morgan fingerprint density at radius 1 is 1.32 bits per heavy atom. The van der Waals surface area contributed by atoms with E-state index in [0.29, 0.717) is 16.6 Å². The Labute approximate surface area is 132 Å². The van der Waals surface area contributed by atoms with Crippen LogP contribution in [0, 0.1) is 0 Å². The van der Waals surface area contributed by atoms with E-state index in [1.165, 1.54) is 13.3 Å². The van der Waals surface area contributed by atoms with Crippen LogP contribution in [0.4, 0.5) is 5.13 Å². The molecule has 1 saturated heterocycles. The minimum atomic E-state index is -3.51. The molecule has 0 atom stereocenters. The molecule has 0 aliphatic carbocycles. The Hall–Kier alpha value is -1.74. The van der Waals surface area contributed by atoms with E-state index in [1.54, 1.807) is 12.1 Å². The molecule has 1 aliphatic heterocycles. The molecule has 118 valence electrons. The van der Waals surface area contributed by atoms with Gasteiger partial charge in [-0.25, -0.2) is 13.4 Å². The van der Waals surface area contributed by atoms with Crippen molar-refractivity contribution in [1.82, 2.24) is 15.2 Å². The first-order valence-electron chi connectivity index (χ1n) is 6.88. The summed E-state index contributed by atoms with van der Waals surface area (Å²) in [6, 6.07) is 3.27. The van der Waals surface area contributed by atoms with Crippen molar-refractivity contribution in [3.05, 3.63) is 23.9 Å². The molecular formula is C13H16N4O3S2. The second-order valence-corrected chi connectivity index (χ2v) is 8.13. The Bertz CT molecular complexity index is 754. The van der Waals surface area contributed by atoms with Gasteiger partial charge in [-0.3, -0.25) is 0 Å². The normalized spacial score (nSPS) is 15.2. The fraction of sp³-hybridized carbons (Fsp3) is 0.462. The molecule has 1 fully saturated rings. The molecular weight excluding hydrogens is 324 g/mol. The maximum absolute atomic E-state index is 12.5. The van der Waals surface area contributed by atoms with Gasteiger partial charge in [-0.05, 0) is 24.5 Å². The van der Waals surface area contributed by atoms with Crippen molar-refractivity contribution in [2.45, 2.75) is 22.9 Å². The van der Waals surface area contributed by atoms with E-state index < -0.39 is 9.84 Å². The number of anilines is 1. The van der Waals surface area contributed by atoms with Crippen molar-refractivity contribution >= 4 is 26.3 Å². The molecule has 2 aromatic rings. The number of nitrogens with zero attached hydrogens (tertiary/aromatic N) is 4. The van der Waals surface area contributed by atoms with Gasteiger partial charge in [0.2, 0.25) is 25.2 Å². The van der Waals surface area contributed by atoms with E-state index in [0.717, 1.165) is 37.3 Å². The van der Waals surface area contributed by atoms with Gasteiger partial charge in [0.05, 0.1) is 12.9 Å². The summed E-state index contributed by atoms with van der Waals surface area (Å²) < 4.78 is 30.0. The van der Waals surface area contributed by atoms with Gasteiger partial charge >= 0.3 is 0 Å². The smallest absolute Gasteiger partial charge is 0.234 e. The molecule has 22 heavy (non-hydrogen) atoms. The minimum absolute atomic E-state index is 0.0604. The summed E-state index contributed by atoms with van der Waals surface area (Å²) in [5, 5.41) is 8.56. The van der Waals surface area contributed by atoms with Crippen LogP contribution in [0.25, 0.3) is 0 Å². The molecule has 2 aromatic heterocycles. The maximum atomic E-state index is 12.5. The molecule has 3 heterocycles. The van der Waals surface area contributed by atoms with Crippen LogP contribution in [0.5, 0.6) is 5.88 Å². The molecule has 0 saturated carbocycles. The highest BCUT2D eigenvalue weighted by Gasteiger charge is 2.24. The summed E-state index contributed by atoms with van der Waals surface area (Å²) in [5.41, 5.74) is 0.616. The monoisotopic (exact) mass is 340 g/mol. The van der Waals surface area contributed by atoms with Crippen molar-refractivity contribution in [2.75, 3.05) is 25.1 Å². The predicted molar refractivity (Wildman–Crippen MR) is 83.0 cm³/mol. The van der Waals surface area contributed by atoms with Crippen molar-refractivity contribution < 1.29 is 13.2 Å². The Balaban J connectivity index is 1.80. The van der Waals surface area contributed by atoms with E-state index in [2.05, 4.69) is 20.1 Å². The van der Waals surface area contributed by atoms with Gasteiger partial charge in [0.25, 0.3) is 0 Å². The average molecular weight is 340 g/mol. The number of pyridine rings is 1. The van der Waals surface area contributed by atoms with Crippen molar-refractivity contribution in [3.8, 4) is 5.88 Å². The lowest BCUT2D eigenvalue weighted by molar-refractivity contribution is 0.397. The van der Waals surface area contributed by atoms with E-state index >= 15 is 0 Å². The quantitative estimate of drug-likeness (QED) is 0.815. The molecule has 0 unspecified atom stereocenters. The maximum Gasteiger partial charge on any atom is 0.234 e. The fourth-order valence-electron chi connectivity index (χ4n) is 2.30. The highest BCUT2D eigenvalue weighted by molar-refractivity contribution is 7.92. The van der Waals surface area contributed by atoms with Gasteiger partial charge in [-0.15, -0.1) is 10.2 Å². The van der Waals surface area contributed by atoms with Gasteiger partial charge in [-0.2, -0.15) is 0 Å². The zero-order valence-corrected chi connectivity index (χ0v) is 13.7. The molecule has 0 bridgehead atoms. The summed E-state index contributed by atoms with van der Waals surface area (Å²) in [7, 11) is -2.02. The number of sulfone groups is 1. The highest BCUT2D eigenvalue weighted by atomic mass is 32.2. The summed E-state index contributed by atoms with van der Waals surface area (Å²) in [5.74, 6) is 0.253. The van der Waals surface area contributed by atoms with Gasteiger partial charge < -0.3 is 9.64 Å². The van der Waals surface area contributed by atoms with Crippen molar-refractivity contribution in [1.29, 1.82) is 0 Å². The zero-order valence-electron chi connectivity index (χ0n) is 12.1. The molecule has 0 aromatic carbocycles. The number of rotatable bonds is 5. The third kappa shape index (κ3) is 3.20. The van der Waals surface area contributed by atoms with Gasteiger partial charge in [0, 0.05) is 25.4 Å². The number of hydrogen-bond donors (Lipinski definition) is 0. The standard InChI is InChI=1S/C13H16N4O3S2/c1-20-11-8-10(4-5-14-11)9-22(18,19)13-16-15-12(21-13)17-6-2-3-7-17/h4-5,8H,2-3,6-7,9H2,1H3. The lowest BCUT2D eigenvalue weighted by atomic mass is 10.3.